The number of hydrogen-bond acceptors (Lipinski definition) is 3. The number of nitrogens with one attached hydrogen (secondary N) is 2. The van der Waals surface area contributed by atoms with Crippen LogP contribution in [0.25, 0.3) is 0 Å². The molecule has 2 saturated carbocycles. The van der Waals surface area contributed by atoms with Gasteiger partial charge in [0.25, 0.3) is 0 Å². The van der Waals surface area contributed by atoms with Gasteiger partial charge < -0.3 is 15.4 Å². The minimum absolute atomic E-state index is 0.296. The van der Waals surface area contributed by atoms with E-state index in [1.807, 2.05) is 11.7 Å². The molecule has 0 bridgehead atoms. The Hall–Kier alpha value is -1.56. The minimum atomic E-state index is 0.296. The predicted molar refractivity (Wildman–Crippen MR) is 110 cm³/mol. The first-order valence-electron chi connectivity index (χ1n) is 10.6. The van der Waals surface area contributed by atoms with Gasteiger partial charge in [-0.3, -0.25) is 9.67 Å². The zero-order valence-corrected chi connectivity index (χ0v) is 17.9. The number of guanidine groups is 1. The molecular weight excluding hydrogens is 338 g/mol. The number of aromatic nitrogens is 2. The first kappa shape index (κ1) is 20.2. The molecular formula is C21H37N5O. The fraction of sp³-hybridized carbons (Fsp3) is 0.810. The Bertz CT molecular complexity index is 676. The lowest BCUT2D eigenvalue weighted by atomic mass is 9.51. The maximum atomic E-state index is 5.99. The van der Waals surface area contributed by atoms with E-state index in [0.717, 1.165) is 37.6 Å². The SMILES string of the molecule is CCN=C(NC(C)Cc1c(C)nn(C)c1C)NC1CC(OCC)C12CCC2. The zero-order chi connectivity index (χ0) is 19.6. The van der Waals surface area contributed by atoms with Crippen LogP contribution in [0.4, 0.5) is 0 Å². The van der Waals surface area contributed by atoms with Crippen molar-refractivity contribution < 1.29 is 4.74 Å². The van der Waals surface area contributed by atoms with Crippen LogP contribution in [0.3, 0.4) is 0 Å². The fourth-order valence-electron chi connectivity index (χ4n) is 4.80. The van der Waals surface area contributed by atoms with Crippen molar-refractivity contribution >= 4 is 5.96 Å². The van der Waals surface area contributed by atoms with Crippen molar-refractivity contribution in [3.05, 3.63) is 17.0 Å². The molecule has 0 amide bonds. The van der Waals surface area contributed by atoms with Crippen molar-refractivity contribution in [2.24, 2.45) is 17.5 Å². The summed E-state index contributed by atoms with van der Waals surface area (Å²) in [6, 6.07) is 0.777. The number of rotatable bonds is 7. The Kier molecular flexibility index (Phi) is 6.14. The predicted octanol–water partition coefficient (Wildman–Crippen LogP) is 2.87. The summed E-state index contributed by atoms with van der Waals surface area (Å²) >= 11 is 0. The van der Waals surface area contributed by atoms with Gasteiger partial charge in [0, 0.05) is 43.4 Å². The summed E-state index contributed by atoms with van der Waals surface area (Å²) in [7, 11) is 2.01. The smallest absolute Gasteiger partial charge is 0.191 e. The van der Waals surface area contributed by atoms with Crippen LogP contribution >= 0.6 is 0 Å². The van der Waals surface area contributed by atoms with Gasteiger partial charge >= 0.3 is 0 Å². The normalized spacial score (nSPS) is 25.0. The first-order valence-corrected chi connectivity index (χ1v) is 10.6. The molecule has 0 saturated heterocycles. The maximum absolute atomic E-state index is 5.99. The summed E-state index contributed by atoms with van der Waals surface area (Å²) in [5.41, 5.74) is 4.04. The topological polar surface area (TPSA) is 63.5 Å². The summed E-state index contributed by atoms with van der Waals surface area (Å²) in [5.74, 6) is 0.940. The van der Waals surface area contributed by atoms with Crippen LogP contribution in [0.5, 0.6) is 0 Å². The van der Waals surface area contributed by atoms with E-state index in [0.29, 0.717) is 23.6 Å². The molecule has 0 aromatic carbocycles. The molecule has 6 nitrogen and oxygen atoms in total. The highest BCUT2D eigenvalue weighted by Crippen LogP contribution is 2.57. The molecule has 1 aromatic rings. The van der Waals surface area contributed by atoms with E-state index in [1.165, 1.54) is 30.5 Å². The monoisotopic (exact) mass is 375 g/mol. The van der Waals surface area contributed by atoms with E-state index in [1.54, 1.807) is 0 Å². The third-order valence-corrected chi connectivity index (χ3v) is 6.62. The second kappa shape index (κ2) is 8.21. The maximum Gasteiger partial charge on any atom is 0.191 e. The molecule has 2 aliphatic rings. The average molecular weight is 376 g/mol. The van der Waals surface area contributed by atoms with Crippen LogP contribution in [-0.4, -0.2) is 47.1 Å². The van der Waals surface area contributed by atoms with Gasteiger partial charge in [0.1, 0.15) is 0 Å². The number of ether oxygens (including phenoxy) is 1. The molecule has 3 unspecified atom stereocenters. The van der Waals surface area contributed by atoms with Gasteiger partial charge in [-0.15, -0.1) is 0 Å². The van der Waals surface area contributed by atoms with Crippen LogP contribution in [0.2, 0.25) is 0 Å². The van der Waals surface area contributed by atoms with Crippen LogP contribution in [0.15, 0.2) is 4.99 Å². The average Bonchev–Trinajstić information content (AvgIpc) is 2.78. The van der Waals surface area contributed by atoms with E-state index in [9.17, 15) is 0 Å². The van der Waals surface area contributed by atoms with Crippen LogP contribution in [-0.2, 0) is 18.2 Å². The standard InChI is InChI=1S/C21H37N5O/c1-7-22-20(23-14(3)12-17-15(4)25-26(6)16(17)5)24-18-13-19(27-8-2)21(18)10-9-11-21/h14,18-19H,7-13H2,1-6H3,(H2,22,23,24). The highest BCUT2D eigenvalue weighted by Gasteiger charge is 2.59. The third kappa shape index (κ3) is 3.86. The van der Waals surface area contributed by atoms with Crippen molar-refractivity contribution in [3.8, 4) is 0 Å². The molecule has 3 rings (SSSR count). The van der Waals surface area contributed by atoms with Gasteiger partial charge in [-0.1, -0.05) is 6.42 Å². The lowest BCUT2D eigenvalue weighted by Crippen LogP contribution is -2.69. The summed E-state index contributed by atoms with van der Waals surface area (Å²) in [6.45, 7) is 12.2. The lowest BCUT2D eigenvalue weighted by molar-refractivity contribution is -0.168. The Morgan fingerprint density at radius 1 is 1.37 bits per heavy atom. The van der Waals surface area contributed by atoms with Gasteiger partial charge in [-0.25, -0.2) is 0 Å². The summed E-state index contributed by atoms with van der Waals surface area (Å²) in [4.78, 5) is 4.71. The molecule has 2 aliphatic carbocycles. The first-order chi connectivity index (χ1) is 12.9. The Balaban J connectivity index is 1.60. The van der Waals surface area contributed by atoms with Gasteiger partial charge in [0.05, 0.1) is 11.8 Å². The second-order valence-corrected chi connectivity index (χ2v) is 8.31. The summed E-state index contributed by atoms with van der Waals surface area (Å²) in [5, 5.41) is 11.9. The highest BCUT2D eigenvalue weighted by molar-refractivity contribution is 5.80. The lowest BCUT2D eigenvalue weighted by Gasteiger charge is -2.61. The van der Waals surface area contributed by atoms with Crippen molar-refractivity contribution in [3.63, 3.8) is 0 Å². The van der Waals surface area contributed by atoms with Gasteiger partial charge in [0.15, 0.2) is 5.96 Å². The molecule has 2 fully saturated rings. The van der Waals surface area contributed by atoms with Crippen LogP contribution < -0.4 is 10.6 Å². The van der Waals surface area contributed by atoms with E-state index in [4.69, 9.17) is 9.73 Å². The van der Waals surface area contributed by atoms with Crippen molar-refractivity contribution in [1.82, 2.24) is 20.4 Å². The van der Waals surface area contributed by atoms with Crippen molar-refractivity contribution in [2.75, 3.05) is 13.2 Å². The van der Waals surface area contributed by atoms with Gasteiger partial charge in [-0.2, -0.15) is 5.10 Å². The molecule has 1 spiro atoms. The van der Waals surface area contributed by atoms with Gasteiger partial charge in [-0.05, 0) is 65.9 Å². The molecule has 1 aromatic heterocycles. The van der Waals surface area contributed by atoms with Crippen LogP contribution in [0, 0.1) is 19.3 Å². The summed E-state index contributed by atoms with van der Waals surface area (Å²) < 4.78 is 7.96. The van der Waals surface area contributed by atoms with E-state index >= 15 is 0 Å². The third-order valence-electron chi connectivity index (χ3n) is 6.62. The highest BCUT2D eigenvalue weighted by atomic mass is 16.5. The second-order valence-electron chi connectivity index (χ2n) is 8.31. The molecule has 2 N–H and O–H groups in total. The van der Waals surface area contributed by atoms with E-state index in [-0.39, 0.29) is 0 Å². The zero-order valence-electron chi connectivity index (χ0n) is 17.9. The fourth-order valence-corrected chi connectivity index (χ4v) is 4.80. The molecule has 1 heterocycles. The Morgan fingerprint density at radius 3 is 2.63 bits per heavy atom. The molecule has 152 valence electrons. The van der Waals surface area contributed by atoms with Crippen molar-refractivity contribution in [1.29, 1.82) is 0 Å². The molecule has 0 aliphatic heterocycles. The Labute approximate surface area is 164 Å². The number of hydrogen-bond donors (Lipinski definition) is 2. The largest absolute Gasteiger partial charge is 0.378 e. The van der Waals surface area contributed by atoms with Crippen LogP contribution in [0.1, 0.15) is 63.4 Å². The minimum Gasteiger partial charge on any atom is -0.378 e. The number of nitrogens with zero attached hydrogens (tertiary/aromatic N) is 3. The molecule has 3 atom stereocenters. The number of aliphatic imine (C=N–C) groups is 1. The Morgan fingerprint density at radius 2 is 2.11 bits per heavy atom. The van der Waals surface area contributed by atoms with Crippen molar-refractivity contribution in [2.45, 2.75) is 84.9 Å². The molecule has 27 heavy (non-hydrogen) atoms. The molecule has 0 radical (unpaired) electrons. The van der Waals surface area contributed by atoms with E-state index in [2.05, 4.69) is 50.4 Å². The number of aryl methyl sites for hydroxylation is 2. The van der Waals surface area contributed by atoms with Gasteiger partial charge in [0.2, 0.25) is 0 Å². The quantitative estimate of drug-likeness (QED) is 0.568. The van der Waals surface area contributed by atoms with E-state index < -0.39 is 0 Å². The summed E-state index contributed by atoms with van der Waals surface area (Å²) in [6.07, 6.45) is 6.35. The molecule has 6 heteroatoms.